The summed E-state index contributed by atoms with van der Waals surface area (Å²) in [5.74, 6) is -3.01. The van der Waals surface area contributed by atoms with E-state index >= 15 is 4.39 Å². The van der Waals surface area contributed by atoms with Crippen molar-refractivity contribution in [3.05, 3.63) is 75.9 Å². The quantitative estimate of drug-likeness (QED) is 0.0912. The molecular weight excluding hydrogens is 719 g/mol. The number of hydrogen-bond donors (Lipinski definition) is 5. The van der Waals surface area contributed by atoms with E-state index in [-0.39, 0.29) is 49.3 Å². The van der Waals surface area contributed by atoms with Crippen LogP contribution >= 0.6 is 25.3 Å². The molecule has 0 bridgehead atoms. The summed E-state index contributed by atoms with van der Waals surface area (Å²) < 4.78 is 90.8. The molecule has 0 spiro atoms. The Morgan fingerprint density at radius 3 is 2.18 bits per heavy atom. The average Bonchev–Trinajstić information content (AvgIpc) is 3.09. The van der Waals surface area contributed by atoms with Gasteiger partial charge < -0.3 is 25.0 Å². The molecular formula is C35H40F6N4O4S2. The molecule has 3 atom stereocenters. The van der Waals surface area contributed by atoms with Crippen molar-refractivity contribution in [1.82, 2.24) is 15.0 Å². The molecule has 2 fully saturated rings. The summed E-state index contributed by atoms with van der Waals surface area (Å²) in [5.41, 5.74) is 0.852. The first-order valence-corrected chi connectivity index (χ1v) is 17.8. The molecule has 6 rings (SSSR count). The van der Waals surface area contributed by atoms with Gasteiger partial charge in [-0.3, -0.25) is 4.98 Å². The number of halogens is 6. The van der Waals surface area contributed by atoms with Gasteiger partial charge in [-0.25, -0.2) is 23.1 Å². The minimum absolute atomic E-state index is 0.0314. The molecule has 278 valence electrons. The van der Waals surface area contributed by atoms with Gasteiger partial charge in [-0.05, 0) is 54.9 Å². The van der Waals surface area contributed by atoms with Crippen LogP contribution in [0.15, 0.2) is 36.7 Å². The van der Waals surface area contributed by atoms with Crippen molar-refractivity contribution in [3.63, 3.8) is 0 Å². The fourth-order valence-electron chi connectivity index (χ4n) is 7.46. The van der Waals surface area contributed by atoms with Crippen LogP contribution in [0.1, 0.15) is 108 Å². The summed E-state index contributed by atoms with van der Waals surface area (Å²) in [6.45, 7) is 0.304. The topological polar surface area (TPSA) is 112 Å². The van der Waals surface area contributed by atoms with Crippen LogP contribution in [0.25, 0.3) is 0 Å². The van der Waals surface area contributed by atoms with Crippen molar-refractivity contribution in [2.24, 2.45) is 0 Å². The minimum Gasteiger partial charge on any atom is -0.488 e. The monoisotopic (exact) mass is 758 g/mol. The Hall–Kier alpha value is -2.79. The van der Waals surface area contributed by atoms with Crippen molar-refractivity contribution < 1.29 is 46.4 Å². The van der Waals surface area contributed by atoms with E-state index in [1.165, 1.54) is 12.4 Å². The Morgan fingerprint density at radius 1 is 0.961 bits per heavy atom. The number of alkyl halides is 6. The minimum atomic E-state index is -4.62. The third-order valence-electron chi connectivity index (χ3n) is 10.1. The third-order valence-corrected chi connectivity index (χ3v) is 10.7. The number of pyridine rings is 1. The number of piperidine rings is 1. The van der Waals surface area contributed by atoms with Crippen LogP contribution in [-0.4, -0.2) is 72.7 Å². The molecule has 1 aliphatic heterocycles. The molecule has 1 saturated heterocycles. The second-order valence-corrected chi connectivity index (χ2v) is 15.9. The number of thiol groups is 2. The van der Waals surface area contributed by atoms with Crippen molar-refractivity contribution in [2.45, 2.75) is 97.8 Å². The number of aliphatic hydroxyl groups is 3. The Morgan fingerprint density at radius 2 is 1.59 bits per heavy atom. The van der Waals surface area contributed by atoms with Crippen molar-refractivity contribution >= 4 is 31.2 Å². The highest BCUT2D eigenvalue weighted by molar-refractivity contribution is 8.00. The summed E-state index contributed by atoms with van der Waals surface area (Å²) in [4.78, 5) is 15.7. The first-order valence-electron chi connectivity index (χ1n) is 16.9. The molecule has 0 amide bonds. The molecule has 51 heavy (non-hydrogen) atoms. The molecule has 0 radical (unpaired) electrons. The van der Waals surface area contributed by atoms with Gasteiger partial charge in [0.15, 0.2) is 11.9 Å². The van der Waals surface area contributed by atoms with Gasteiger partial charge in [0.05, 0.1) is 40.4 Å². The predicted octanol–water partition coefficient (Wildman–Crippen LogP) is 6.89. The maximum Gasteiger partial charge on any atom is 0.416 e. The van der Waals surface area contributed by atoms with Crippen molar-refractivity contribution in [2.75, 3.05) is 31.2 Å². The summed E-state index contributed by atoms with van der Waals surface area (Å²) in [5, 5.41) is 30.0. The smallest absolute Gasteiger partial charge is 0.416 e. The lowest BCUT2D eigenvalue weighted by molar-refractivity contribution is -0.137. The number of benzene rings is 1. The van der Waals surface area contributed by atoms with E-state index in [2.05, 4.69) is 35.2 Å². The van der Waals surface area contributed by atoms with Crippen LogP contribution < -0.4 is 9.64 Å². The summed E-state index contributed by atoms with van der Waals surface area (Å²) in [6.07, 6.45) is -5.33. The highest BCUT2D eigenvalue weighted by Gasteiger charge is 2.44. The van der Waals surface area contributed by atoms with Crippen LogP contribution in [0, 0.1) is 0 Å². The van der Waals surface area contributed by atoms with Gasteiger partial charge in [0.2, 0.25) is 11.9 Å². The van der Waals surface area contributed by atoms with Crippen LogP contribution in [-0.2, 0) is 12.6 Å². The number of aliphatic hydroxyl groups excluding tert-OH is 3. The Bertz CT molecular complexity index is 1660. The highest BCUT2D eigenvalue weighted by Crippen LogP contribution is 2.52. The van der Waals surface area contributed by atoms with Gasteiger partial charge in [-0.2, -0.15) is 38.4 Å². The fourth-order valence-corrected chi connectivity index (χ4v) is 8.11. The summed E-state index contributed by atoms with van der Waals surface area (Å²) in [6, 6.07) is 3.83. The number of fused-ring (bicyclic) bond motifs is 1. The van der Waals surface area contributed by atoms with Crippen molar-refractivity contribution in [3.8, 4) is 5.75 Å². The zero-order chi connectivity index (χ0) is 36.7. The van der Waals surface area contributed by atoms with E-state index in [0.29, 0.717) is 60.1 Å². The first-order chi connectivity index (χ1) is 24.0. The van der Waals surface area contributed by atoms with Gasteiger partial charge in [0, 0.05) is 61.5 Å². The molecule has 8 nitrogen and oxygen atoms in total. The van der Waals surface area contributed by atoms with Crippen LogP contribution in [0.3, 0.4) is 0 Å². The molecule has 3 heterocycles. The lowest BCUT2D eigenvalue weighted by Crippen LogP contribution is -2.36. The number of aromatic nitrogens is 3. The van der Waals surface area contributed by atoms with E-state index in [1.807, 2.05) is 4.90 Å². The van der Waals surface area contributed by atoms with Crippen LogP contribution in [0.4, 0.5) is 32.3 Å². The molecule has 16 heteroatoms. The number of ether oxygens (including phenoxy) is 1. The van der Waals surface area contributed by atoms with Crippen molar-refractivity contribution in [1.29, 1.82) is 0 Å². The van der Waals surface area contributed by atoms with Gasteiger partial charge in [0.25, 0.3) is 0 Å². The number of anilines is 1. The standard InChI is InChI=1S/C35H40F6N4O4S2/c36-30(20-1-3-22(4-2-20)35(39,40)41)29-27(19-5-9-33(37,38)10-6-19)28-25(13-34(50,51)14-26(28)48)44-31(29)21-7-11-45(12-8-21)32-42-15-24(16-43-32)49-18-23(47)17-46/h1-4,15-16,19,21,23,26,30,46-48,50-51H,5-14,17-18H2/t23-,26?,30?/m1/s1. The molecule has 3 aromatic rings. The Labute approximate surface area is 302 Å². The molecule has 2 aromatic heterocycles. The van der Waals surface area contributed by atoms with Gasteiger partial charge in [-0.15, -0.1) is 0 Å². The molecule has 2 unspecified atom stereocenters. The second kappa shape index (κ2) is 14.9. The van der Waals surface area contributed by atoms with E-state index in [9.17, 15) is 32.2 Å². The third kappa shape index (κ3) is 8.55. The molecule has 1 saturated carbocycles. The lowest BCUT2D eigenvalue weighted by atomic mass is 9.72. The normalized spacial score (nSPS) is 22.3. The number of rotatable bonds is 9. The number of nitrogens with zero attached hydrogens (tertiary/aromatic N) is 4. The predicted molar refractivity (Wildman–Crippen MR) is 184 cm³/mol. The molecule has 3 N–H and O–H groups in total. The maximum atomic E-state index is 17.2. The van der Waals surface area contributed by atoms with Gasteiger partial charge >= 0.3 is 6.18 Å². The average molecular weight is 759 g/mol. The first kappa shape index (κ1) is 38.0. The highest BCUT2D eigenvalue weighted by atomic mass is 32.2. The largest absolute Gasteiger partial charge is 0.488 e. The van der Waals surface area contributed by atoms with E-state index in [0.717, 1.165) is 24.3 Å². The lowest BCUT2D eigenvalue weighted by Gasteiger charge is -2.40. The zero-order valence-electron chi connectivity index (χ0n) is 27.5. The van der Waals surface area contributed by atoms with Crippen LogP contribution in [0.5, 0.6) is 5.75 Å². The van der Waals surface area contributed by atoms with Gasteiger partial charge in [-0.1, -0.05) is 12.1 Å². The fraction of sp³-hybridized carbons (Fsp3) is 0.571. The Kier molecular flexibility index (Phi) is 11.1. The Balaban J connectivity index is 1.38. The number of hydrogen-bond acceptors (Lipinski definition) is 10. The molecule has 3 aliphatic rings. The SMILES string of the molecule is OC[C@@H](O)COc1cnc(N2CCC(c3nc4c(c(C5CCC(F)(F)CC5)c3C(F)c3ccc(C(F)(F)F)cc3)C(O)CC(S)(S)C4)CC2)nc1. The molecule has 2 aliphatic carbocycles. The summed E-state index contributed by atoms with van der Waals surface area (Å²) in [7, 11) is 0. The van der Waals surface area contributed by atoms with E-state index < -0.39 is 65.5 Å². The van der Waals surface area contributed by atoms with Crippen LogP contribution in [0.2, 0.25) is 0 Å². The van der Waals surface area contributed by atoms with E-state index in [4.69, 9.17) is 14.8 Å². The molecule has 1 aromatic carbocycles. The van der Waals surface area contributed by atoms with Gasteiger partial charge in [0.1, 0.15) is 12.7 Å². The summed E-state index contributed by atoms with van der Waals surface area (Å²) >= 11 is 9.27. The maximum absolute atomic E-state index is 17.2. The zero-order valence-corrected chi connectivity index (χ0v) is 29.3. The second-order valence-electron chi connectivity index (χ2n) is 13.8. The van der Waals surface area contributed by atoms with E-state index in [1.54, 1.807) is 0 Å².